The Morgan fingerprint density at radius 3 is 2.89 bits per heavy atom. The summed E-state index contributed by atoms with van der Waals surface area (Å²) in [4.78, 5) is 4.30. The lowest BCUT2D eigenvalue weighted by atomic mass is 10.2. The maximum Gasteiger partial charge on any atom is 0.216 e. The van der Waals surface area contributed by atoms with Crippen LogP contribution < -0.4 is 15.8 Å². The Labute approximate surface area is 108 Å². The molecule has 0 aliphatic carbocycles. The molecule has 0 fully saturated rings. The zero-order chi connectivity index (χ0) is 13.5. The summed E-state index contributed by atoms with van der Waals surface area (Å²) in [7, 11) is 3.48. The molecule has 0 amide bonds. The Kier molecular flexibility index (Phi) is 5.48. The summed E-state index contributed by atoms with van der Waals surface area (Å²) in [5.41, 5.74) is 7.67. The highest BCUT2D eigenvalue weighted by atomic mass is 16.5. The van der Waals surface area contributed by atoms with E-state index in [1.54, 1.807) is 11.8 Å². The Morgan fingerprint density at radius 2 is 2.28 bits per heavy atom. The van der Waals surface area contributed by atoms with Gasteiger partial charge in [0.05, 0.1) is 24.9 Å². The second-order valence-corrected chi connectivity index (χ2v) is 4.18. The molecule has 0 radical (unpaired) electrons. The fourth-order valence-corrected chi connectivity index (χ4v) is 1.73. The molecule has 0 atom stereocenters. The third kappa shape index (κ3) is 3.65. The molecular formula is C12H23N5O. The molecule has 3 N–H and O–H groups in total. The molecule has 0 bridgehead atoms. The maximum atomic E-state index is 5.78. The van der Waals surface area contributed by atoms with Crippen LogP contribution in [0.1, 0.15) is 31.0 Å². The summed E-state index contributed by atoms with van der Waals surface area (Å²) in [6.07, 6.45) is 2.22. The number of rotatable bonds is 6. The van der Waals surface area contributed by atoms with Crippen molar-refractivity contribution < 1.29 is 4.74 Å². The SMILES string of the molecule is CCCCNC(N)=NCc1c(C)nn(C)c1OC. The largest absolute Gasteiger partial charge is 0.481 e. The first kappa shape index (κ1) is 14.3. The lowest BCUT2D eigenvalue weighted by Crippen LogP contribution is -2.32. The van der Waals surface area contributed by atoms with Crippen molar-refractivity contribution in [2.45, 2.75) is 33.2 Å². The van der Waals surface area contributed by atoms with E-state index < -0.39 is 0 Å². The molecule has 0 unspecified atom stereocenters. The average Bonchev–Trinajstić information content (AvgIpc) is 2.61. The van der Waals surface area contributed by atoms with Crippen LogP contribution in [0.5, 0.6) is 5.88 Å². The van der Waals surface area contributed by atoms with E-state index in [0.29, 0.717) is 12.5 Å². The number of aryl methyl sites for hydroxylation is 2. The number of nitrogens with one attached hydrogen (secondary N) is 1. The first-order valence-corrected chi connectivity index (χ1v) is 6.20. The van der Waals surface area contributed by atoms with Gasteiger partial charge in [-0.25, -0.2) is 9.67 Å². The van der Waals surface area contributed by atoms with Crippen molar-refractivity contribution in [2.75, 3.05) is 13.7 Å². The van der Waals surface area contributed by atoms with E-state index in [0.717, 1.165) is 36.5 Å². The standard InChI is InChI=1S/C12H23N5O/c1-5-6-7-14-12(13)15-8-10-9(2)16-17(3)11(10)18-4/h5-8H2,1-4H3,(H3,13,14,15). The second kappa shape index (κ2) is 6.88. The van der Waals surface area contributed by atoms with Crippen molar-refractivity contribution >= 4 is 5.96 Å². The van der Waals surface area contributed by atoms with Gasteiger partial charge in [-0.1, -0.05) is 13.3 Å². The third-order valence-electron chi connectivity index (χ3n) is 2.73. The molecule has 1 rings (SSSR count). The van der Waals surface area contributed by atoms with E-state index in [2.05, 4.69) is 22.3 Å². The highest BCUT2D eigenvalue weighted by molar-refractivity contribution is 5.77. The van der Waals surface area contributed by atoms with Gasteiger partial charge in [-0.3, -0.25) is 0 Å². The minimum absolute atomic E-state index is 0.466. The van der Waals surface area contributed by atoms with Crippen molar-refractivity contribution in [3.8, 4) is 5.88 Å². The van der Waals surface area contributed by atoms with Crippen LogP contribution in [0.15, 0.2) is 4.99 Å². The normalized spacial score (nSPS) is 11.7. The van der Waals surface area contributed by atoms with Crippen LogP contribution in [-0.4, -0.2) is 29.4 Å². The molecular weight excluding hydrogens is 230 g/mol. The van der Waals surface area contributed by atoms with Crippen molar-refractivity contribution in [2.24, 2.45) is 17.8 Å². The van der Waals surface area contributed by atoms with Gasteiger partial charge in [-0.15, -0.1) is 0 Å². The van der Waals surface area contributed by atoms with Gasteiger partial charge in [0.15, 0.2) is 5.96 Å². The van der Waals surface area contributed by atoms with Crippen molar-refractivity contribution in [1.82, 2.24) is 15.1 Å². The fraction of sp³-hybridized carbons (Fsp3) is 0.667. The minimum Gasteiger partial charge on any atom is -0.481 e. The van der Waals surface area contributed by atoms with Gasteiger partial charge in [0.2, 0.25) is 5.88 Å². The summed E-state index contributed by atoms with van der Waals surface area (Å²) in [5, 5.41) is 7.37. The lowest BCUT2D eigenvalue weighted by Gasteiger charge is -2.05. The molecule has 1 aromatic rings. The number of methoxy groups -OCH3 is 1. The van der Waals surface area contributed by atoms with Gasteiger partial charge >= 0.3 is 0 Å². The van der Waals surface area contributed by atoms with Crippen LogP contribution in [-0.2, 0) is 13.6 Å². The summed E-state index contributed by atoms with van der Waals surface area (Å²) in [6, 6.07) is 0. The summed E-state index contributed by atoms with van der Waals surface area (Å²) >= 11 is 0. The quantitative estimate of drug-likeness (QED) is 0.449. The van der Waals surface area contributed by atoms with Crippen LogP contribution in [0.4, 0.5) is 0 Å². The van der Waals surface area contributed by atoms with E-state index >= 15 is 0 Å². The molecule has 0 saturated heterocycles. The van der Waals surface area contributed by atoms with E-state index in [-0.39, 0.29) is 0 Å². The van der Waals surface area contributed by atoms with E-state index in [9.17, 15) is 0 Å². The van der Waals surface area contributed by atoms with Crippen molar-refractivity contribution in [3.05, 3.63) is 11.3 Å². The summed E-state index contributed by atoms with van der Waals surface area (Å²) in [5.74, 6) is 1.20. The number of nitrogens with zero attached hydrogens (tertiary/aromatic N) is 3. The zero-order valence-corrected chi connectivity index (χ0v) is 11.7. The highest BCUT2D eigenvalue weighted by Crippen LogP contribution is 2.21. The number of guanidine groups is 1. The van der Waals surface area contributed by atoms with Gasteiger partial charge in [-0.05, 0) is 13.3 Å². The van der Waals surface area contributed by atoms with Crippen molar-refractivity contribution in [1.29, 1.82) is 0 Å². The Bertz CT molecular complexity index is 411. The van der Waals surface area contributed by atoms with Crippen LogP contribution in [0.25, 0.3) is 0 Å². The third-order valence-corrected chi connectivity index (χ3v) is 2.73. The molecule has 18 heavy (non-hydrogen) atoms. The smallest absolute Gasteiger partial charge is 0.216 e. The van der Waals surface area contributed by atoms with Gasteiger partial charge in [0.25, 0.3) is 0 Å². The Morgan fingerprint density at radius 1 is 1.56 bits per heavy atom. The molecule has 0 spiro atoms. The first-order chi connectivity index (χ1) is 8.60. The van der Waals surface area contributed by atoms with E-state index in [1.807, 2.05) is 14.0 Å². The maximum absolute atomic E-state index is 5.78. The Hall–Kier alpha value is -1.72. The number of aliphatic imine (C=N–C) groups is 1. The van der Waals surface area contributed by atoms with Gasteiger partial charge in [0.1, 0.15) is 0 Å². The number of hydrogen-bond acceptors (Lipinski definition) is 3. The average molecular weight is 253 g/mol. The first-order valence-electron chi connectivity index (χ1n) is 6.20. The summed E-state index contributed by atoms with van der Waals surface area (Å²) < 4.78 is 7.01. The monoisotopic (exact) mass is 253 g/mol. The number of aromatic nitrogens is 2. The zero-order valence-electron chi connectivity index (χ0n) is 11.7. The van der Waals surface area contributed by atoms with Gasteiger partial charge in [0, 0.05) is 13.6 Å². The van der Waals surface area contributed by atoms with Gasteiger partial charge < -0.3 is 15.8 Å². The highest BCUT2D eigenvalue weighted by Gasteiger charge is 2.12. The second-order valence-electron chi connectivity index (χ2n) is 4.18. The van der Waals surface area contributed by atoms with E-state index in [1.165, 1.54) is 0 Å². The topological polar surface area (TPSA) is 77.5 Å². The van der Waals surface area contributed by atoms with Gasteiger partial charge in [-0.2, -0.15) is 5.10 Å². The lowest BCUT2D eigenvalue weighted by molar-refractivity contribution is 0.369. The fourth-order valence-electron chi connectivity index (χ4n) is 1.73. The van der Waals surface area contributed by atoms with Crippen LogP contribution in [0.3, 0.4) is 0 Å². The number of ether oxygens (including phenoxy) is 1. The van der Waals surface area contributed by atoms with Crippen LogP contribution in [0, 0.1) is 6.92 Å². The van der Waals surface area contributed by atoms with Crippen LogP contribution in [0.2, 0.25) is 0 Å². The summed E-state index contributed by atoms with van der Waals surface area (Å²) in [6.45, 7) is 5.41. The molecule has 0 aromatic carbocycles. The molecule has 0 saturated carbocycles. The number of hydrogen-bond donors (Lipinski definition) is 2. The molecule has 6 nitrogen and oxygen atoms in total. The van der Waals surface area contributed by atoms with Crippen molar-refractivity contribution in [3.63, 3.8) is 0 Å². The Balaban J connectivity index is 2.64. The predicted molar refractivity (Wildman–Crippen MR) is 72.7 cm³/mol. The molecule has 1 aromatic heterocycles. The molecule has 6 heteroatoms. The van der Waals surface area contributed by atoms with Crippen LogP contribution >= 0.6 is 0 Å². The number of unbranched alkanes of at least 4 members (excludes halogenated alkanes) is 1. The molecule has 0 aliphatic heterocycles. The van der Waals surface area contributed by atoms with E-state index in [4.69, 9.17) is 10.5 Å². The molecule has 0 aliphatic rings. The molecule has 102 valence electrons. The number of nitrogens with two attached hydrogens (primary N) is 1. The molecule has 1 heterocycles. The minimum atomic E-state index is 0.466. The predicted octanol–water partition coefficient (Wildman–Crippen LogP) is 0.942.